The number of hydrogen-bond acceptors (Lipinski definition) is 3. The fourth-order valence-corrected chi connectivity index (χ4v) is 2.52. The van der Waals surface area contributed by atoms with E-state index in [0.717, 1.165) is 11.1 Å². The summed E-state index contributed by atoms with van der Waals surface area (Å²) >= 11 is 0. The molecule has 1 aliphatic rings. The normalized spacial score (nSPS) is 17.5. The highest BCUT2D eigenvalue weighted by molar-refractivity contribution is 6.03. The third kappa shape index (κ3) is 3.45. The van der Waals surface area contributed by atoms with Crippen LogP contribution in [0, 0.1) is 0 Å². The minimum absolute atomic E-state index is 0.240. The first kappa shape index (κ1) is 15.0. The van der Waals surface area contributed by atoms with Gasteiger partial charge in [-0.05, 0) is 29.7 Å². The second kappa shape index (κ2) is 6.44. The molecule has 2 aromatic carbocycles. The summed E-state index contributed by atoms with van der Waals surface area (Å²) in [7, 11) is 0. The lowest BCUT2D eigenvalue weighted by molar-refractivity contribution is -0.134. The lowest BCUT2D eigenvalue weighted by atomic mass is 10.0. The predicted octanol–water partition coefficient (Wildman–Crippen LogP) is 1.89. The number of rotatable bonds is 3. The van der Waals surface area contributed by atoms with Crippen molar-refractivity contribution >= 4 is 17.7 Å². The van der Waals surface area contributed by atoms with E-state index in [1.807, 2.05) is 42.5 Å². The molecular formula is C18H16N2O3. The molecular weight excluding hydrogens is 292 g/mol. The number of benzene rings is 2. The molecule has 1 saturated heterocycles. The molecule has 3 amide bonds. The zero-order chi connectivity index (χ0) is 16.2. The summed E-state index contributed by atoms with van der Waals surface area (Å²) in [5, 5.41) is 4.89. The van der Waals surface area contributed by atoms with Crippen molar-refractivity contribution in [3.8, 4) is 11.1 Å². The molecule has 0 bridgehead atoms. The molecule has 1 unspecified atom stereocenters. The van der Waals surface area contributed by atoms with Gasteiger partial charge in [-0.3, -0.25) is 19.7 Å². The summed E-state index contributed by atoms with van der Waals surface area (Å²) in [6.45, 7) is 0. The molecule has 1 heterocycles. The number of piperidine rings is 1. The molecule has 0 saturated carbocycles. The van der Waals surface area contributed by atoms with Crippen LogP contribution in [0.1, 0.15) is 23.2 Å². The second-order valence-electron chi connectivity index (χ2n) is 5.42. The number of nitrogens with one attached hydrogen (secondary N) is 2. The lowest BCUT2D eigenvalue weighted by Gasteiger charge is -2.21. The summed E-state index contributed by atoms with van der Waals surface area (Å²) in [5.41, 5.74) is 2.57. The minimum Gasteiger partial charge on any atom is -0.340 e. The first-order valence-electron chi connectivity index (χ1n) is 7.43. The van der Waals surface area contributed by atoms with Gasteiger partial charge in [0.15, 0.2) is 0 Å². The fraction of sp³-hybridized carbons (Fsp3) is 0.167. The van der Waals surface area contributed by atoms with E-state index >= 15 is 0 Å². The van der Waals surface area contributed by atoms with E-state index in [1.54, 1.807) is 12.1 Å². The highest BCUT2D eigenvalue weighted by Crippen LogP contribution is 2.19. The van der Waals surface area contributed by atoms with Gasteiger partial charge in [-0.25, -0.2) is 0 Å². The number of carbonyl (C=O) groups excluding carboxylic acids is 3. The highest BCUT2D eigenvalue weighted by atomic mass is 16.2. The van der Waals surface area contributed by atoms with Gasteiger partial charge in [0.1, 0.15) is 6.04 Å². The minimum atomic E-state index is -0.658. The van der Waals surface area contributed by atoms with Gasteiger partial charge in [-0.2, -0.15) is 0 Å². The molecule has 3 rings (SSSR count). The van der Waals surface area contributed by atoms with Gasteiger partial charge in [-0.15, -0.1) is 0 Å². The Morgan fingerprint density at radius 3 is 2.26 bits per heavy atom. The van der Waals surface area contributed by atoms with Crippen molar-refractivity contribution in [3.63, 3.8) is 0 Å². The van der Waals surface area contributed by atoms with Crippen LogP contribution >= 0.6 is 0 Å². The summed E-state index contributed by atoms with van der Waals surface area (Å²) in [6, 6.07) is 16.4. The number of hydrogen-bond donors (Lipinski definition) is 2. The maximum absolute atomic E-state index is 12.2. The molecule has 1 fully saturated rings. The maximum atomic E-state index is 12.2. The largest absolute Gasteiger partial charge is 0.340 e. The molecule has 5 nitrogen and oxygen atoms in total. The Bertz CT molecular complexity index is 739. The van der Waals surface area contributed by atoms with E-state index in [2.05, 4.69) is 10.6 Å². The molecule has 0 aromatic heterocycles. The van der Waals surface area contributed by atoms with Crippen LogP contribution in [0.2, 0.25) is 0 Å². The van der Waals surface area contributed by atoms with Gasteiger partial charge in [0.25, 0.3) is 5.91 Å². The number of imide groups is 1. The molecule has 5 heteroatoms. The van der Waals surface area contributed by atoms with E-state index in [9.17, 15) is 14.4 Å². The van der Waals surface area contributed by atoms with Crippen LogP contribution in [-0.2, 0) is 9.59 Å². The van der Waals surface area contributed by atoms with Crippen molar-refractivity contribution in [2.45, 2.75) is 18.9 Å². The number of carbonyl (C=O) groups is 3. The Labute approximate surface area is 133 Å². The van der Waals surface area contributed by atoms with E-state index in [0.29, 0.717) is 12.0 Å². The second-order valence-corrected chi connectivity index (χ2v) is 5.42. The molecule has 2 aromatic rings. The van der Waals surface area contributed by atoms with Crippen molar-refractivity contribution in [1.29, 1.82) is 0 Å². The monoisotopic (exact) mass is 308 g/mol. The highest BCUT2D eigenvalue weighted by Gasteiger charge is 2.27. The van der Waals surface area contributed by atoms with Gasteiger partial charge in [0.05, 0.1) is 0 Å². The fourth-order valence-electron chi connectivity index (χ4n) is 2.52. The average Bonchev–Trinajstić information content (AvgIpc) is 2.58. The number of amides is 3. The van der Waals surface area contributed by atoms with E-state index in [4.69, 9.17) is 0 Å². The molecule has 0 spiro atoms. The van der Waals surface area contributed by atoms with E-state index < -0.39 is 11.9 Å². The molecule has 0 aliphatic carbocycles. The maximum Gasteiger partial charge on any atom is 0.251 e. The summed E-state index contributed by atoms with van der Waals surface area (Å²) in [5.74, 6) is -1.07. The van der Waals surface area contributed by atoms with Crippen molar-refractivity contribution in [2.24, 2.45) is 0 Å². The van der Waals surface area contributed by atoms with Crippen LogP contribution in [0.5, 0.6) is 0 Å². The van der Waals surface area contributed by atoms with Crippen LogP contribution in [0.25, 0.3) is 11.1 Å². The Morgan fingerprint density at radius 2 is 1.61 bits per heavy atom. The molecule has 0 radical (unpaired) electrons. The van der Waals surface area contributed by atoms with Gasteiger partial charge < -0.3 is 5.32 Å². The van der Waals surface area contributed by atoms with Crippen molar-refractivity contribution in [1.82, 2.24) is 10.6 Å². The van der Waals surface area contributed by atoms with Gasteiger partial charge in [0, 0.05) is 12.0 Å². The van der Waals surface area contributed by atoms with Gasteiger partial charge in [0.2, 0.25) is 11.8 Å². The van der Waals surface area contributed by atoms with Crippen LogP contribution in [0.15, 0.2) is 54.6 Å². The van der Waals surface area contributed by atoms with Gasteiger partial charge in [-0.1, -0.05) is 42.5 Å². The zero-order valence-electron chi connectivity index (χ0n) is 12.4. The Hall–Kier alpha value is -2.95. The molecule has 2 N–H and O–H groups in total. The summed E-state index contributed by atoms with van der Waals surface area (Å²) < 4.78 is 0. The molecule has 1 atom stereocenters. The Kier molecular flexibility index (Phi) is 4.19. The van der Waals surface area contributed by atoms with Crippen LogP contribution in [-0.4, -0.2) is 23.8 Å². The topological polar surface area (TPSA) is 75.3 Å². The first-order chi connectivity index (χ1) is 11.1. The van der Waals surface area contributed by atoms with Crippen molar-refractivity contribution in [2.75, 3.05) is 0 Å². The molecule has 1 aliphatic heterocycles. The summed E-state index contributed by atoms with van der Waals surface area (Å²) in [6.07, 6.45) is 0.572. The van der Waals surface area contributed by atoms with E-state index in [1.165, 1.54) is 0 Å². The Balaban J connectivity index is 1.68. The molecule has 23 heavy (non-hydrogen) atoms. The quantitative estimate of drug-likeness (QED) is 0.850. The third-order valence-electron chi connectivity index (χ3n) is 3.80. The average molecular weight is 308 g/mol. The summed E-state index contributed by atoms with van der Waals surface area (Å²) in [4.78, 5) is 35.0. The van der Waals surface area contributed by atoms with Crippen LogP contribution in [0.3, 0.4) is 0 Å². The smallest absolute Gasteiger partial charge is 0.251 e. The standard InChI is InChI=1S/C18H16N2O3/c21-16-11-10-15(18(23)20-16)19-17(22)14-8-6-13(7-9-14)12-4-2-1-3-5-12/h1-9,15H,10-11H2,(H,19,22)(H,20,21,23). The van der Waals surface area contributed by atoms with Crippen LogP contribution in [0.4, 0.5) is 0 Å². The predicted molar refractivity (Wildman–Crippen MR) is 85.5 cm³/mol. The Morgan fingerprint density at radius 1 is 0.957 bits per heavy atom. The molecule has 116 valence electrons. The SMILES string of the molecule is O=C1CCC(NC(=O)c2ccc(-c3ccccc3)cc2)C(=O)N1. The lowest BCUT2D eigenvalue weighted by Crippen LogP contribution is -2.52. The third-order valence-corrected chi connectivity index (χ3v) is 3.80. The van der Waals surface area contributed by atoms with E-state index in [-0.39, 0.29) is 18.2 Å². The van der Waals surface area contributed by atoms with Crippen LogP contribution < -0.4 is 10.6 Å². The van der Waals surface area contributed by atoms with Crippen molar-refractivity contribution < 1.29 is 14.4 Å². The van der Waals surface area contributed by atoms with Gasteiger partial charge >= 0.3 is 0 Å². The first-order valence-corrected chi connectivity index (χ1v) is 7.43. The van der Waals surface area contributed by atoms with Crippen molar-refractivity contribution in [3.05, 3.63) is 60.2 Å². The zero-order valence-corrected chi connectivity index (χ0v) is 12.4.